The zero-order valence-corrected chi connectivity index (χ0v) is 16.1. The fraction of sp³-hybridized carbons (Fsp3) is 0.263. The highest BCUT2D eigenvalue weighted by molar-refractivity contribution is 6.32. The molecule has 0 aliphatic rings. The van der Waals surface area contributed by atoms with Gasteiger partial charge in [-0.25, -0.2) is 5.43 Å². The first kappa shape index (κ1) is 20.4. The number of benzene rings is 2. The number of carbonyl (C=O) groups excluding carboxylic acids is 1. The van der Waals surface area contributed by atoms with Gasteiger partial charge in [0.2, 0.25) is 0 Å². The number of phenols is 1. The van der Waals surface area contributed by atoms with Crippen molar-refractivity contribution in [1.82, 2.24) is 5.43 Å². The molecule has 0 aromatic heterocycles. The van der Waals surface area contributed by atoms with Gasteiger partial charge in [0.1, 0.15) is 11.8 Å². The summed E-state index contributed by atoms with van der Waals surface area (Å²) in [6.07, 6.45) is 2.00. The van der Waals surface area contributed by atoms with Crippen LogP contribution in [0.5, 0.6) is 17.2 Å². The minimum Gasteiger partial charge on any atom is -0.503 e. The van der Waals surface area contributed by atoms with Gasteiger partial charge in [-0.15, -0.1) is 0 Å². The summed E-state index contributed by atoms with van der Waals surface area (Å²) < 4.78 is 10.1. The van der Waals surface area contributed by atoms with E-state index in [4.69, 9.17) is 21.1 Å². The lowest BCUT2D eigenvalue weighted by Gasteiger charge is -2.16. The van der Waals surface area contributed by atoms with Gasteiger partial charge in [0.25, 0.3) is 5.91 Å². The highest BCUT2D eigenvalue weighted by Gasteiger charge is 2.15. The lowest BCUT2D eigenvalue weighted by molar-refractivity contribution is -0.121. The molecule has 2 rings (SSSR count). The normalized spacial score (nSPS) is 11.9. The SMILES string of the molecule is CCC(Nc1ccc(OC)cc1)C(=O)NN=Cc1cc(Cl)c(O)c(OC)c1. The van der Waals surface area contributed by atoms with Crippen LogP contribution < -0.4 is 20.2 Å². The Morgan fingerprint density at radius 2 is 1.96 bits per heavy atom. The molecule has 2 aromatic carbocycles. The number of methoxy groups -OCH3 is 2. The zero-order valence-electron chi connectivity index (χ0n) is 15.3. The molecule has 0 aliphatic carbocycles. The van der Waals surface area contributed by atoms with Crippen LogP contribution in [-0.2, 0) is 4.79 Å². The molecule has 0 heterocycles. The van der Waals surface area contributed by atoms with Gasteiger partial charge in [0.15, 0.2) is 11.5 Å². The molecule has 0 saturated carbocycles. The van der Waals surface area contributed by atoms with E-state index in [0.29, 0.717) is 12.0 Å². The van der Waals surface area contributed by atoms with Gasteiger partial charge in [0, 0.05) is 5.69 Å². The Balaban J connectivity index is 1.99. The maximum atomic E-state index is 12.3. The van der Waals surface area contributed by atoms with Crippen LogP contribution in [-0.4, -0.2) is 37.5 Å². The van der Waals surface area contributed by atoms with E-state index in [2.05, 4.69) is 15.8 Å². The van der Waals surface area contributed by atoms with Crippen LogP contribution in [0.15, 0.2) is 41.5 Å². The minimum absolute atomic E-state index is 0.134. The van der Waals surface area contributed by atoms with Crippen LogP contribution in [0.1, 0.15) is 18.9 Å². The number of anilines is 1. The molecule has 1 unspecified atom stereocenters. The molecule has 2 aromatic rings. The second-order valence-corrected chi connectivity index (χ2v) is 6.03. The number of ether oxygens (including phenoxy) is 2. The lowest BCUT2D eigenvalue weighted by Crippen LogP contribution is -2.36. The van der Waals surface area contributed by atoms with E-state index < -0.39 is 6.04 Å². The number of phenolic OH excluding ortho intramolecular Hbond substituents is 1. The first-order chi connectivity index (χ1) is 13.0. The monoisotopic (exact) mass is 391 g/mol. The van der Waals surface area contributed by atoms with Crippen molar-refractivity contribution in [1.29, 1.82) is 0 Å². The van der Waals surface area contributed by atoms with Gasteiger partial charge < -0.3 is 19.9 Å². The number of amides is 1. The van der Waals surface area contributed by atoms with E-state index >= 15 is 0 Å². The number of hydrazone groups is 1. The number of nitrogens with zero attached hydrogens (tertiary/aromatic N) is 1. The Morgan fingerprint density at radius 1 is 1.26 bits per heavy atom. The maximum absolute atomic E-state index is 12.3. The van der Waals surface area contributed by atoms with E-state index in [9.17, 15) is 9.90 Å². The van der Waals surface area contributed by atoms with Gasteiger partial charge >= 0.3 is 0 Å². The first-order valence-electron chi connectivity index (χ1n) is 8.28. The Labute approximate surface area is 162 Å². The molecule has 0 spiro atoms. The summed E-state index contributed by atoms with van der Waals surface area (Å²) in [5.41, 5.74) is 3.87. The summed E-state index contributed by atoms with van der Waals surface area (Å²) in [6, 6.07) is 9.92. The average Bonchev–Trinajstić information content (AvgIpc) is 2.68. The molecular weight excluding hydrogens is 370 g/mol. The molecule has 8 heteroatoms. The third-order valence-corrected chi connectivity index (χ3v) is 4.10. The number of carbonyl (C=O) groups is 1. The number of nitrogens with one attached hydrogen (secondary N) is 2. The summed E-state index contributed by atoms with van der Waals surface area (Å²) >= 11 is 5.93. The Bertz CT molecular complexity index is 809. The number of hydrogen-bond donors (Lipinski definition) is 3. The second-order valence-electron chi connectivity index (χ2n) is 5.62. The van der Waals surface area contributed by atoms with Crippen molar-refractivity contribution in [2.75, 3.05) is 19.5 Å². The van der Waals surface area contributed by atoms with E-state index in [-0.39, 0.29) is 22.4 Å². The number of rotatable bonds is 8. The summed E-state index contributed by atoms with van der Waals surface area (Å²) in [4.78, 5) is 12.3. The van der Waals surface area contributed by atoms with Crippen molar-refractivity contribution in [2.24, 2.45) is 5.10 Å². The second kappa shape index (κ2) is 9.68. The number of halogens is 1. The van der Waals surface area contributed by atoms with Crippen molar-refractivity contribution < 1.29 is 19.4 Å². The van der Waals surface area contributed by atoms with Crippen molar-refractivity contribution in [2.45, 2.75) is 19.4 Å². The summed E-state index contributed by atoms with van der Waals surface area (Å²) in [5, 5.41) is 17.0. The minimum atomic E-state index is -0.450. The third-order valence-electron chi connectivity index (χ3n) is 3.81. The molecule has 0 radical (unpaired) electrons. The zero-order chi connectivity index (χ0) is 19.8. The van der Waals surface area contributed by atoms with E-state index in [1.165, 1.54) is 19.4 Å². The molecule has 3 N–H and O–H groups in total. The van der Waals surface area contributed by atoms with Gasteiger partial charge in [-0.1, -0.05) is 18.5 Å². The predicted octanol–water partition coefficient (Wildman–Crippen LogP) is 3.40. The van der Waals surface area contributed by atoms with Crippen LogP contribution in [0.2, 0.25) is 5.02 Å². The number of hydrogen-bond acceptors (Lipinski definition) is 6. The molecule has 27 heavy (non-hydrogen) atoms. The molecule has 0 saturated heterocycles. The summed E-state index contributed by atoms with van der Waals surface area (Å²) in [5.74, 6) is 0.546. The summed E-state index contributed by atoms with van der Waals surface area (Å²) in [6.45, 7) is 1.90. The highest BCUT2D eigenvalue weighted by Crippen LogP contribution is 2.34. The van der Waals surface area contributed by atoms with Crippen molar-refractivity contribution in [3.63, 3.8) is 0 Å². The first-order valence-corrected chi connectivity index (χ1v) is 8.66. The molecular formula is C19H22ClN3O4. The Morgan fingerprint density at radius 3 is 2.56 bits per heavy atom. The molecule has 0 fully saturated rings. The van der Waals surface area contributed by atoms with Gasteiger partial charge in [0.05, 0.1) is 25.5 Å². The predicted molar refractivity (Wildman–Crippen MR) is 106 cm³/mol. The highest BCUT2D eigenvalue weighted by atomic mass is 35.5. The van der Waals surface area contributed by atoms with Crippen LogP contribution in [0, 0.1) is 0 Å². The smallest absolute Gasteiger partial charge is 0.262 e. The Hall–Kier alpha value is -2.93. The van der Waals surface area contributed by atoms with Crippen LogP contribution in [0.25, 0.3) is 0 Å². The van der Waals surface area contributed by atoms with Crippen molar-refractivity contribution >= 4 is 29.4 Å². The topological polar surface area (TPSA) is 92.2 Å². The Kier molecular flexibility index (Phi) is 7.31. The van der Waals surface area contributed by atoms with Crippen LogP contribution in [0.3, 0.4) is 0 Å². The molecule has 1 atom stereocenters. The summed E-state index contributed by atoms with van der Waals surface area (Å²) in [7, 11) is 3.02. The van der Waals surface area contributed by atoms with Crippen molar-refractivity contribution in [3.8, 4) is 17.2 Å². The van der Waals surface area contributed by atoms with Crippen LogP contribution in [0.4, 0.5) is 5.69 Å². The molecule has 7 nitrogen and oxygen atoms in total. The van der Waals surface area contributed by atoms with Gasteiger partial charge in [-0.2, -0.15) is 5.10 Å². The van der Waals surface area contributed by atoms with Crippen molar-refractivity contribution in [3.05, 3.63) is 47.0 Å². The van der Waals surface area contributed by atoms with E-state index in [1.54, 1.807) is 13.2 Å². The molecule has 1 amide bonds. The fourth-order valence-corrected chi connectivity index (χ4v) is 2.53. The average molecular weight is 392 g/mol. The molecule has 0 aliphatic heterocycles. The van der Waals surface area contributed by atoms with E-state index in [0.717, 1.165) is 11.4 Å². The quantitative estimate of drug-likeness (QED) is 0.473. The fourth-order valence-electron chi connectivity index (χ4n) is 2.31. The number of aromatic hydroxyl groups is 1. The molecule has 0 bridgehead atoms. The standard InChI is InChI=1S/C19H22ClN3O4/c1-4-16(22-13-5-7-14(26-2)8-6-13)19(25)23-21-11-12-9-15(20)18(24)17(10-12)27-3/h5-11,16,22,24H,4H2,1-3H3,(H,23,25). The van der Waals surface area contributed by atoms with Gasteiger partial charge in [-0.3, -0.25) is 4.79 Å². The van der Waals surface area contributed by atoms with E-state index in [1.807, 2.05) is 31.2 Å². The largest absolute Gasteiger partial charge is 0.503 e. The molecule has 144 valence electrons. The maximum Gasteiger partial charge on any atom is 0.262 e. The third kappa shape index (κ3) is 5.52. The van der Waals surface area contributed by atoms with Gasteiger partial charge in [-0.05, 0) is 48.4 Å². The van der Waals surface area contributed by atoms with Crippen LogP contribution >= 0.6 is 11.6 Å². The lowest BCUT2D eigenvalue weighted by atomic mass is 10.2.